The van der Waals surface area contributed by atoms with Gasteiger partial charge < -0.3 is 14.4 Å². The standard InChI is InChI=1S/C18H24N2O5S/c21-18(17-13-24-15-3-1-2-4-16(15)25-17)20-9-7-19(8-10-20)14-5-11-26(22,23)12-6-14/h1-4,14,17H,5-13H2. The maximum Gasteiger partial charge on any atom is 0.267 e. The van der Waals surface area contributed by atoms with Crippen LogP contribution in [0.5, 0.6) is 11.5 Å². The fourth-order valence-electron chi connectivity index (χ4n) is 3.90. The first kappa shape index (κ1) is 17.6. The Morgan fingerprint density at radius 2 is 1.65 bits per heavy atom. The Kier molecular flexibility index (Phi) is 4.79. The van der Waals surface area contributed by atoms with E-state index in [1.54, 1.807) is 0 Å². The number of para-hydroxylation sites is 2. The number of carbonyl (C=O) groups is 1. The number of sulfone groups is 1. The first-order valence-corrected chi connectivity index (χ1v) is 11.0. The smallest absolute Gasteiger partial charge is 0.267 e. The van der Waals surface area contributed by atoms with Crippen molar-refractivity contribution in [1.29, 1.82) is 0 Å². The van der Waals surface area contributed by atoms with Crippen LogP contribution in [0, 0.1) is 0 Å². The summed E-state index contributed by atoms with van der Waals surface area (Å²) in [6.45, 7) is 3.07. The normalized spacial score (nSPS) is 26.5. The van der Waals surface area contributed by atoms with E-state index in [1.165, 1.54) is 0 Å². The van der Waals surface area contributed by atoms with Gasteiger partial charge in [-0.1, -0.05) is 12.1 Å². The van der Waals surface area contributed by atoms with Crippen LogP contribution >= 0.6 is 0 Å². The summed E-state index contributed by atoms with van der Waals surface area (Å²) >= 11 is 0. The third-order valence-corrected chi connectivity index (χ3v) is 7.17. The van der Waals surface area contributed by atoms with E-state index in [0.717, 1.165) is 13.1 Å². The molecule has 0 aliphatic carbocycles. The number of hydrogen-bond acceptors (Lipinski definition) is 6. The summed E-state index contributed by atoms with van der Waals surface area (Å²) in [5, 5.41) is 0. The van der Waals surface area contributed by atoms with Gasteiger partial charge in [-0.25, -0.2) is 8.42 Å². The molecule has 8 heteroatoms. The van der Waals surface area contributed by atoms with Crippen LogP contribution in [0.4, 0.5) is 0 Å². The Bertz CT molecular complexity index is 760. The fourth-order valence-corrected chi connectivity index (χ4v) is 5.36. The van der Waals surface area contributed by atoms with E-state index in [9.17, 15) is 13.2 Å². The van der Waals surface area contributed by atoms with Crippen LogP contribution < -0.4 is 9.47 Å². The monoisotopic (exact) mass is 380 g/mol. The Morgan fingerprint density at radius 1 is 1.00 bits per heavy atom. The van der Waals surface area contributed by atoms with Gasteiger partial charge in [0.2, 0.25) is 6.10 Å². The average Bonchev–Trinajstić information content (AvgIpc) is 2.67. The lowest BCUT2D eigenvalue weighted by atomic mass is 10.1. The third kappa shape index (κ3) is 3.66. The predicted octanol–water partition coefficient (Wildman–Crippen LogP) is 0.548. The number of ether oxygens (including phenoxy) is 2. The molecule has 1 aromatic rings. The molecule has 1 unspecified atom stereocenters. The Hall–Kier alpha value is -1.80. The van der Waals surface area contributed by atoms with Gasteiger partial charge in [0.15, 0.2) is 11.5 Å². The van der Waals surface area contributed by atoms with E-state index in [1.807, 2.05) is 29.2 Å². The van der Waals surface area contributed by atoms with E-state index in [0.29, 0.717) is 43.5 Å². The van der Waals surface area contributed by atoms with Crippen molar-refractivity contribution in [3.8, 4) is 11.5 Å². The Morgan fingerprint density at radius 3 is 2.35 bits per heavy atom. The molecule has 0 spiro atoms. The van der Waals surface area contributed by atoms with Crippen molar-refractivity contribution in [2.75, 3.05) is 44.3 Å². The van der Waals surface area contributed by atoms with Crippen LogP contribution in [0.2, 0.25) is 0 Å². The molecule has 1 atom stereocenters. The van der Waals surface area contributed by atoms with Gasteiger partial charge in [-0.3, -0.25) is 9.69 Å². The summed E-state index contributed by atoms with van der Waals surface area (Å²) < 4.78 is 34.6. The zero-order valence-electron chi connectivity index (χ0n) is 14.7. The van der Waals surface area contributed by atoms with Gasteiger partial charge in [0.25, 0.3) is 5.91 Å². The molecule has 3 aliphatic heterocycles. The lowest BCUT2D eigenvalue weighted by Crippen LogP contribution is -2.56. The van der Waals surface area contributed by atoms with E-state index in [4.69, 9.17) is 9.47 Å². The van der Waals surface area contributed by atoms with Crippen molar-refractivity contribution in [3.05, 3.63) is 24.3 Å². The molecule has 2 saturated heterocycles. The van der Waals surface area contributed by atoms with Gasteiger partial charge in [-0.15, -0.1) is 0 Å². The second-order valence-corrected chi connectivity index (χ2v) is 9.41. The number of nitrogens with zero attached hydrogens (tertiary/aromatic N) is 2. The SMILES string of the molecule is O=C(C1COc2ccccc2O1)N1CCN(C2CCS(=O)(=O)CC2)CC1. The Labute approximate surface area is 153 Å². The molecule has 1 aromatic carbocycles. The highest BCUT2D eigenvalue weighted by molar-refractivity contribution is 7.91. The van der Waals surface area contributed by atoms with Gasteiger partial charge in [-0.2, -0.15) is 0 Å². The van der Waals surface area contributed by atoms with Crippen molar-refractivity contribution >= 4 is 15.7 Å². The maximum atomic E-state index is 12.8. The lowest BCUT2D eigenvalue weighted by Gasteiger charge is -2.41. The van der Waals surface area contributed by atoms with E-state index < -0.39 is 15.9 Å². The van der Waals surface area contributed by atoms with Gasteiger partial charge in [0.05, 0.1) is 11.5 Å². The van der Waals surface area contributed by atoms with Crippen LogP contribution in [0.1, 0.15) is 12.8 Å². The highest BCUT2D eigenvalue weighted by Gasteiger charge is 2.35. The molecular formula is C18H24N2O5S. The molecule has 3 heterocycles. The number of amides is 1. The molecule has 26 heavy (non-hydrogen) atoms. The highest BCUT2D eigenvalue weighted by Crippen LogP contribution is 2.31. The minimum absolute atomic E-state index is 0.0367. The van der Waals surface area contributed by atoms with Crippen molar-refractivity contribution in [3.63, 3.8) is 0 Å². The van der Waals surface area contributed by atoms with Crippen LogP contribution in [-0.2, 0) is 14.6 Å². The summed E-state index contributed by atoms with van der Waals surface area (Å²) in [5.74, 6) is 1.81. The zero-order valence-corrected chi connectivity index (χ0v) is 15.5. The van der Waals surface area contributed by atoms with Crippen molar-refractivity contribution in [2.24, 2.45) is 0 Å². The summed E-state index contributed by atoms with van der Waals surface area (Å²) in [6, 6.07) is 7.69. The van der Waals surface area contributed by atoms with Crippen LogP contribution in [0.15, 0.2) is 24.3 Å². The largest absolute Gasteiger partial charge is 0.485 e. The minimum Gasteiger partial charge on any atom is -0.485 e. The molecule has 0 bridgehead atoms. The van der Waals surface area contributed by atoms with E-state index in [2.05, 4.69) is 4.90 Å². The molecule has 4 rings (SSSR count). The van der Waals surface area contributed by atoms with Crippen molar-refractivity contribution < 1.29 is 22.7 Å². The first-order valence-electron chi connectivity index (χ1n) is 9.13. The van der Waals surface area contributed by atoms with Gasteiger partial charge >= 0.3 is 0 Å². The number of rotatable bonds is 2. The number of benzene rings is 1. The van der Waals surface area contributed by atoms with E-state index >= 15 is 0 Å². The number of fused-ring (bicyclic) bond motifs is 1. The van der Waals surface area contributed by atoms with Gasteiger partial charge in [0.1, 0.15) is 16.4 Å². The number of carbonyl (C=O) groups excluding carboxylic acids is 1. The second kappa shape index (κ2) is 7.08. The van der Waals surface area contributed by atoms with E-state index in [-0.39, 0.29) is 24.0 Å². The molecule has 3 aliphatic rings. The number of piperazine rings is 1. The number of hydrogen-bond donors (Lipinski definition) is 0. The topological polar surface area (TPSA) is 76.2 Å². The van der Waals surface area contributed by atoms with Gasteiger partial charge in [0, 0.05) is 32.2 Å². The second-order valence-electron chi connectivity index (χ2n) is 7.11. The summed E-state index contributed by atoms with van der Waals surface area (Å²) in [6.07, 6.45) is 0.801. The zero-order chi connectivity index (χ0) is 18.1. The molecule has 142 valence electrons. The highest BCUT2D eigenvalue weighted by atomic mass is 32.2. The third-order valence-electron chi connectivity index (χ3n) is 5.45. The molecule has 1 amide bonds. The van der Waals surface area contributed by atoms with Crippen molar-refractivity contribution in [1.82, 2.24) is 9.80 Å². The van der Waals surface area contributed by atoms with Crippen LogP contribution in [0.25, 0.3) is 0 Å². The quantitative estimate of drug-likeness (QED) is 0.746. The molecule has 0 N–H and O–H groups in total. The Balaban J connectivity index is 1.30. The average molecular weight is 380 g/mol. The van der Waals surface area contributed by atoms with Crippen molar-refractivity contribution in [2.45, 2.75) is 25.0 Å². The molecule has 2 fully saturated rings. The molecule has 0 aromatic heterocycles. The van der Waals surface area contributed by atoms with Gasteiger partial charge in [-0.05, 0) is 25.0 Å². The fraction of sp³-hybridized carbons (Fsp3) is 0.611. The maximum absolute atomic E-state index is 12.8. The molecule has 0 radical (unpaired) electrons. The summed E-state index contributed by atoms with van der Waals surface area (Å²) in [5.41, 5.74) is 0. The summed E-state index contributed by atoms with van der Waals surface area (Å²) in [4.78, 5) is 16.9. The molecule has 0 saturated carbocycles. The molecular weight excluding hydrogens is 356 g/mol. The van der Waals surface area contributed by atoms with Crippen LogP contribution in [0.3, 0.4) is 0 Å². The predicted molar refractivity (Wildman–Crippen MR) is 96.2 cm³/mol. The minimum atomic E-state index is -2.84. The lowest BCUT2D eigenvalue weighted by molar-refractivity contribution is -0.143. The van der Waals surface area contributed by atoms with Crippen LogP contribution in [-0.4, -0.2) is 80.6 Å². The molecule has 7 nitrogen and oxygen atoms in total. The first-order chi connectivity index (χ1) is 12.5. The summed E-state index contributed by atoms with van der Waals surface area (Å²) in [7, 11) is -2.84.